The van der Waals surface area contributed by atoms with E-state index in [2.05, 4.69) is 38.8 Å². The monoisotopic (exact) mass is 310 g/mol. The van der Waals surface area contributed by atoms with Crippen molar-refractivity contribution in [3.8, 4) is 0 Å². The Kier molecular flexibility index (Phi) is 3.41. The fraction of sp³-hybridized carbons (Fsp3) is 0.278. The second kappa shape index (κ2) is 5.57. The van der Waals surface area contributed by atoms with Gasteiger partial charge < -0.3 is 14.8 Å². The topological polar surface area (TPSA) is 35.2 Å². The minimum Gasteiger partial charge on any atom is -0.366 e. The molecule has 0 unspecified atom stereocenters. The Morgan fingerprint density at radius 2 is 1.74 bits per heavy atom. The van der Waals surface area contributed by atoms with E-state index in [0.29, 0.717) is 5.69 Å². The van der Waals surface area contributed by atoms with Gasteiger partial charge in [-0.15, -0.1) is 0 Å². The molecule has 0 radical (unpaired) electrons. The summed E-state index contributed by atoms with van der Waals surface area (Å²) in [6.45, 7) is 5.31. The second-order valence-corrected chi connectivity index (χ2v) is 6.01. The number of fused-ring (bicyclic) bond motifs is 1. The molecule has 5 heteroatoms. The molecule has 1 aliphatic rings. The summed E-state index contributed by atoms with van der Waals surface area (Å²) in [5.41, 5.74) is 3.96. The molecule has 3 aromatic rings. The number of para-hydroxylation sites is 1. The van der Waals surface area contributed by atoms with E-state index < -0.39 is 0 Å². The van der Waals surface area contributed by atoms with Crippen LogP contribution in [0.1, 0.15) is 5.56 Å². The quantitative estimate of drug-likeness (QED) is 0.788. The molecule has 0 aliphatic carbocycles. The molecule has 2 aromatic carbocycles. The number of nitrogens with zero attached hydrogens (tertiary/aromatic N) is 3. The summed E-state index contributed by atoms with van der Waals surface area (Å²) in [7, 11) is 0. The molecule has 0 atom stereocenters. The number of hydrogen-bond acceptors (Lipinski definition) is 3. The number of anilines is 2. The number of rotatable bonds is 2. The number of aromatic nitrogens is 2. The molecular formula is C18H19FN4. The standard InChI is InChI=1S/C18H19FN4/c1-13-6-7-15-16(12-13)21-18(20-15)23-10-8-22(9-11-23)17-5-3-2-4-14(17)19/h2-7,12H,8-11H2,1H3,(H,20,21). The lowest BCUT2D eigenvalue weighted by molar-refractivity contribution is 0.595. The zero-order chi connectivity index (χ0) is 15.8. The van der Waals surface area contributed by atoms with Gasteiger partial charge in [0.2, 0.25) is 5.95 Å². The van der Waals surface area contributed by atoms with Gasteiger partial charge in [0.25, 0.3) is 0 Å². The van der Waals surface area contributed by atoms with Crippen LogP contribution in [0, 0.1) is 12.7 Å². The summed E-state index contributed by atoms with van der Waals surface area (Å²) in [5, 5.41) is 0. The van der Waals surface area contributed by atoms with Crippen LogP contribution in [0.5, 0.6) is 0 Å². The third-order valence-electron chi connectivity index (χ3n) is 4.40. The number of halogens is 1. The van der Waals surface area contributed by atoms with Crippen molar-refractivity contribution in [2.75, 3.05) is 36.0 Å². The number of aryl methyl sites for hydroxylation is 1. The van der Waals surface area contributed by atoms with Gasteiger partial charge in [-0.1, -0.05) is 18.2 Å². The molecule has 0 saturated carbocycles. The largest absolute Gasteiger partial charge is 0.366 e. The van der Waals surface area contributed by atoms with Crippen molar-refractivity contribution in [2.45, 2.75) is 6.92 Å². The highest BCUT2D eigenvalue weighted by molar-refractivity contribution is 5.78. The molecule has 23 heavy (non-hydrogen) atoms. The van der Waals surface area contributed by atoms with Gasteiger partial charge in [-0.3, -0.25) is 0 Å². The van der Waals surface area contributed by atoms with Crippen LogP contribution in [-0.2, 0) is 0 Å². The summed E-state index contributed by atoms with van der Waals surface area (Å²) in [5.74, 6) is 0.749. The molecular weight excluding hydrogens is 291 g/mol. The van der Waals surface area contributed by atoms with Crippen LogP contribution in [0.2, 0.25) is 0 Å². The molecule has 4 rings (SSSR count). The number of H-pyrrole nitrogens is 1. The Morgan fingerprint density at radius 1 is 1.00 bits per heavy atom. The first-order valence-corrected chi connectivity index (χ1v) is 7.91. The number of benzene rings is 2. The lowest BCUT2D eigenvalue weighted by Crippen LogP contribution is -2.47. The van der Waals surface area contributed by atoms with Crippen LogP contribution in [0.25, 0.3) is 11.0 Å². The number of piperazine rings is 1. The van der Waals surface area contributed by atoms with E-state index in [0.717, 1.165) is 43.2 Å². The van der Waals surface area contributed by atoms with Crippen molar-refractivity contribution in [3.05, 3.63) is 53.8 Å². The van der Waals surface area contributed by atoms with E-state index in [1.807, 2.05) is 18.2 Å². The third-order valence-corrected chi connectivity index (χ3v) is 4.40. The molecule has 1 aromatic heterocycles. The maximum Gasteiger partial charge on any atom is 0.203 e. The van der Waals surface area contributed by atoms with Crippen LogP contribution in [0.4, 0.5) is 16.0 Å². The first-order valence-electron chi connectivity index (χ1n) is 7.91. The zero-order valence-electron chi connectivity index (χ0n) is 13.1. The predicted octanol–water partition coefficient (Wildman–Crippen LogP) is 3.34. The predicted molar refractivity (Wildman–Crippen MR) is 91.7 cm³/mol. The number of aromatic amines is 1. The van der Waals surface area contributed by atoms with Crippen LogP contribution in [0.3, 0.4) is 0 Å². The summed E-state index contributed by atoms with van der Waals surface area (Å²) < 4.78 is 13.9. The highest BCUT2D eigenvalue weighted by Crippen LogP contribution is 2.23. The van der Waals surface area contributed by atoms with Crippen molar-refractivity contribution >= 4 is 22.7 Å². The maximum atomic E-state index is 13.9. The van der Waals surface area contributed by atoms with Gasteiger partial charge >= 0.3 is 0 Å². The van der Waals surface area contributed by atoms with Crippen molar-refractivity contribution in [2.24, 2.45) is 0 Å². The van der Waals surface area contributed by atoms with E-state index in [4.69, 9.17) is 0 Å². The van der Waals surface area contributed by atoms with Gasteiger partial charge in [0, 0.05) is 26.2 Å². The zero-order valence-corrected chi connectivity index (χ0v) is 13.1. The molecule has 4 nitrogen and oxygen atoms in total. The lowest BCUT2D eigenvalue weighted by atomic mass is 10.2. The van der Waals surface area contributed by atoms with Crippen LogP contribution in [0.15, 0.2) is 42.5 Å². The Bertz CT molecular complexity index is 834. The highest BCUT2D eigenvalue weighted by Gasteiger charge is 2.21. The van der Waals surface area contributed by atoms with E-state index in [9.17, 15) is 4.39 Å². The van der Waals surface area contributed by atoms with Gasteiger partial charge in [0.15, 0.2) is 0 Å². The van der Waals surface area contributed by atoms with Gasteiger partial charge in [-0.2, -0.15) is 0 Å². The van der Waals surface area contributed by atoms with Crippen molar-refractivity contribution < 1.29 is 4.39 Å². The Hall–Kier alpha value is -2.56. The maximum absolute atomic E-state index is 13.9. The van der Waals surface area contributed by atoms with E-state index in [-0.39, 0.29) is 5.82 Å². The average molecular weight is 310 g/mol. The molecule has 0 bridgehead atoms. The summed E-state index contributed by atoms with van der Waals surface area (Å²) in [6, 6.07) is 13.2. The molecule has 0 spiro atoms. The average Bonchev–Trinajstić information content (AvgIpc) is 2.98. The SMILES string of the molecule is Cc1ccc2nc(N3CCN(c4ccccc4F)CC3)[nH]c2c1. The first-order chi connectivity index (χ1) is 11.2. The first kappa shape index (κ1) is 14.1. The summed E-state index contributed by atoms with van der Waals surface area (Å²) >= 11 is 0. The van der Waals surface area contributed by atoms with Gasteiger partial charge in [0.05, 0.1) is 16.7 Å². The minimum absolute atomic E-state index is 0.153. The molecule has 0 amide bonds. The number of nitrogens with one attached hydrogen (secondary N) is 1. The van der Waals surface area contributed by atoms with Crippen LogP contribution >= 0.6 is 0 Å². The van der Waals surface area contributed by atoms with Crippen LogP contribution in [-0.4, -0.2) is 36.1 Å². The molecule has 118 valence electrons. The number of hydrogen-bond donors (Lipinski definition) is 1. The fourth-order valence-corrected chi connectivity index (χ4v) is 3.13. The fourth-order valence-electron chi connectivity index (χ4n) is 3.13. The lowest BCUT2D eigenvalue weighted by Gasteiger charge is -2.36. The van der Waals surface area contributed by atoms with Gasteiger partial charge in [-0.05, 0) is 36.8 Å². The molecule has 1 N–H and O–H groups in total. The van der Waals surface area contributed by atoms with E-state index in [1.54, 1.807) is 6.07 Å². The summed E-state index contributed by atoms with van der Waals surface area (Å²) in [6.07, 6.45) is 0. The van der Waals surface area contributed by atoms with Crippen molar-refractivity contribution in [1.82, 2.24) is 9.97 Å². The Labute approximate surface area is 134 Å². The Balaban J connectivity index is 1.51. The van der Waals surface area contributed by atoms with E-state index in [1.165, 1.54) is 11.6 Å². The minimum atomic E-state index is -0.153. The van der Waals surface area contributed by atoms with Crippen LogP contribution < -0.4 is 9.80 Å². The highest BCUT2D eigenvalue weighted by atomic mass is 19.1. The molecule has 1 fully saturated rings. The van der Waals surface area contributed by atoms with E-state index >= 15 is 0 Å². The number of imidazole rings is 1. The van der Waals surface area contributed by atoms with Gasteiger partial charge in [-0.25, -0.2) is 9.37 Å². The third kappa shape index (κ3) is 2.63. The van der Waals surface area contributed by atoms with Crippen molar-refractivity contribution in [3.63, 3.8) is 0 Å². The molecule has 1 saturated heterocycles. The van der Waals surface area contributed by atoms with Crippen molar-refractivity contribution in [1.29, 1.82) is 0 Å². The molecule has 1 aliphatic heterocycles. The Morgan fingerprint density at radius 3 is 2.52 bits per heavy atom. The van der Waals surface area contributed by atoms with Gasteiger partial charge in [0.1, 0.15) is 5.82 Å². The normalized spacial score (nSPS) is 15.4. The second-order valence-electron chi connectivity index (χ2n) is 6.01. The summed E-state index contributed by atoms with van der Waals surface area (Å²) in [4.78, 5) is 12.4. The molecule has 2 heterocycles. The smallest absolute Gasteiger partial charge is 0.203 e.